The van der Waals surface area contributed by atoms with Crippen LogP contribution in [0.3, 0.4) is 0 Å². The van der Waals surface area contributed by atoms with Crippen LogP contribution in [-0.4, -0.2) is 29.9 Å². The lowest BCUT2D eigenvalue weighted by Gasteiger charge is -2.25. The van der Waals surface area contributed by atoms with Crippen molar-refractivity contribution in [2.75, 3.05) is 5.75 Å². The molecule has 0 spiro atoms. The van der Waals surface area contributed by atoms with E-state index >= 15 is 0 Å². The van der Waals surface area contributed by atoms with E-state index in [4.69, 9.17) is 4.74 Å². The molecule has 0 radical (unpaired) electrons. The monoisotopic (exact) mass is 452 g/mol. The summed E-state index contributed by atoms with van der Waals surface area (Å²) in [4.78, 5) is 19.9. The van der Waals surface area contributed by atoms with Crippen molar-refractivity contribution in [1.29, 1.82) is 0 Å². The van der Waals surface area contributed by atoms with E-state index in [0.717, 1.165) is 23.4 Å². The van der Waals surface area contributed by atoms with Crippen LogP contribution in [0.1, 0.15) is 65.2 Å². The zero-order chi connectivity index (χ0) is 22.6. The van der Waals surface area contributed by atoms with Gasteiger partial charge in [-0.15, -0.1) is 0 Å². The average Bonchev–Trinajstić information content (AvgIpc) is 3.29. The Bertz CT molecular complexity index is 1170. The second-order valence-corrected chi connectivity index (χ2v) is 10.4. The molecule has 0 fully saturated rings. The molecular weight excluding hydrogens is 424 g/mol. The number of aromatic nitrogens is 2. The van der Waals surface area contributed by atoms with Gasteiger partial charge in [0.2, 0.25) is 0 Å². The summed E-state index contributed by atoms with van der Waals surface area (Å²) in [6.45, 7) is 1.85. The first kappa shape index (κ1) is 22.3. The fourth-order valence-corrected chi connectivity index (χ4v) is 5.81. The van der Waals surface area contributed by atoms with Crippen LogP contribution in [0.15, 0.2) is 54.9 Å². The Balaban J connectivity index is 1.76. The van der Waals surface area contributed by atoms with Gasteiger partial charge in [0.15, 0.2) is 15.6 Å². The van der Waals surface area contributed by atoms with Gasteiger partial charge in [-0.2, -0.15) is 0 Å². The number of rotatable bonds is 9. The van der Waals surface area contributed by atoms with Gasteiger partial charge in [0.05, 0.1) is 11.5 Å². The van der Waals surface area contributed by atoms with Crippen molar-refractivity contribution in [3.63, 3.8) is 0 Å². The summed E-state index contributed by atoms with van der Waals surface area (Å²) in [6, 6.07) is 13.4. The van der Waals surface area contributed by atoms with Crippen LogP contribution in [-0.2, 0) is 28.4 Å². The number of ether oxygens (including phenoxy) is 1. The average molecular weight is 453 g/mol. The maximum atomic E-state index is 12.8. The lowest BCUT2D eigenvalue weighted by molar-refractivity contribution is 0.0972. The molecule has 0 bridgehead atoms. The van der Waals surface area contributed by atoms with Crippen molar-refractivity contribution in [3.05, 3.63) is 82.9 Å². The number of nitrogens with zero attached hydrogens (tertiary/aromatic N) is 1. The van der Waals surface area contributed by atoms with Crippen LogP contribution in [0.4, 0.5) is 0 Å². The molecule has 0 amide bonds. The number of hydrogen-bond acceptors (Lipinski definition) is 5. The van der Waals surface area contributed by atoms with Gasteiger partial charge < -0.3 is 9.72 Å². The van der Waals surface area contributed by atoms with Crippen molar-refractivity contribution in [3.8, 4) is 5.75 Å². The molecule has 0 saturated carbocycles. The fraction of sp³-hybridized carbons (Fsp3) is 0.360. The van der Waals surface area contributed by atoms with Gasteiger partial charge in [0.1, 0.15) is 17.7 Å². The van der Waals surface area contributed by atoms with Gasteiger partial charge in [-0.05, 0) is 42.5 Å². The maximum Gasteiger partial charge on any atom is 0.163 e. The minimum atomic E-state index is -3.32. The standard InChI is InChI=1S/C25H28N2O4S/c1-2-15-32(29,30)17-21-19-9-6-10-22(28)20(19)11-12-23(21)31-24(16-25-26-13-14-27-25)18-7-4-3-5-8-18/h3-5,7-8,11-14,24H,2,6,9-10,15-17H2,1H3,(H,26,27)/t24-/m0/s1. The number of H-pyrrole nitrogens is 1. The van der Waals surface area contributed by atoms with Crippen molar-refractivity contribution >= 4 is 15.6 Å². The molecule has 1 aromatic heterocycles. The first-order valence-electron chi connectivity index (χ1n) is 11.0. The third kappa shape index (κ3) is 5.10. The zero-order valence-electron chi connectivity index (χ0n) is 18.2. The second kappa shape index (κ2) is 9.69. The zero-order valence-corrected chi connectivity index (χ0v) is 19.0. The molecule has 4 rings (SSSR count). The molecule has 1 heterocycles. The SMILES string of the molecule is CCCS(=O)(=O)Cc1c(O[C@@H](Cc2ncc[nH]2)c2ccccc2)ccc2c1CCCC2=O. The fourth-order valence-electron chi connectivity index (χ4n) is 4.28. The minimum Gasteiger partial charge on any atom is -0.485 e. The lowest BCUT2D eigenvalue weighted by atomic mass is 9.87. The number of sulfone groups is 1. The van der Waals surface area contributed by atoms with Crippen molar-refractivity contribution < 1.29 is 17.9 Å². The first-order valence-corrected chi connectivity index (χ1v) is 12.9. The lowest BCUT2D eigenvalue weighted by Crippen LogP contribution is -2.19. The van der Waals surface area contributed by atoms with Crippen LogP contribution in [0.5, 0.6) is 5.75 Å². The number of nitrogens with one attached hydrogen (secondary N) is 1. The molecule has 7 heteroatoms. The number of imidazole rings is 1. The van der Waals surface area contributed by atoms with E-state index in [9.17, 15) is 13.2 Å². The van der Waals surface area contributed by atoms with Crippen LogP contribution in [0.25, 0.3) is 0 Å². The third-order valence-corrected chi connectivity index (χ3v) is 7.53. The van der Waals surface area contributed by atoms with Crippen molar-refractivity contribution in [1.82, 2.24) is 9.97 Å². The number of fused-ring (bicyclic) bond motifs is 1. The van der Waals surface area contributed by atoms with Gasteiger partial charge in [-0.3, -0.25) is 4.79 Å². The van der Waals surface area contributed by atoms with Crippen LogP contribution >= 0.6 is 0 Å². The Morgan fingerprint density at radius 2 is 1.94 bits per heavy atom. The van der Waals surface area contributed by atoms with E-state index in [1.807, 2.05) is 37.3 Å². The van der Waals surface area contributed by atoms with Crippen molar-refractivity contribution in [2.45, 2.75) is 50.9 Å². The number of Topliss-reactive ketones (excluding diaryl/α,β-unsaturated/α-hetero) is 1. The molecule has 1 aliphatic carbocycles. The Kier molecular flexibility index (Phi) is 6.74. The highest BCUT2D eigenvalue weighted by molar-refractivity contribution is 7.90. The number of ketones is 1. The number of hydrogen-bond donors (Lipinski definition) is 1. The highest BCUT2D eigenvalue weighted by atomic mass is 32.2. The molecule has 1 aliphatic rings. The Labute approximate surface area is 189 Å². The Morgan fingerprint density at radius 3 is 2.66 bits per heavy atom. The molecule has 32 heavy (non-hydrogen) atoms. The predicted molar refractivity (Wildman–Crippen MR) is 124 cm³/mol. The molecule has 0 saturated heterocycles. The molecule has 1 atom stereocenters. The normalized spacial score (nSPS) is 14.7. The van der Waals surface area contributed by atoms with Gasteiger partial charge in [0, 0.05) is 36.4 Å². The summed E-state index contributed by atoms with van der Waals surface area (Å²) in [5, 5.41) is 0. The van der Waals surface area contributed by atoms with E-state index in [1.54, 1.807) is 24.5 Å². The summed E-state index contributed by atoms with van der Waals surface area (Å²) in [5.74, 6) is 1.38. The molecule has 0 unspecified atom stereocenters. The summed E-state index contributed by atoms with van der Waals surface area (Å²) in [6.07, 6.45) is 6.08. The highest BCUT2D eigenvalue weighted by Crippen LogP contribution is 2.35. The van der Waals surface area contributed by atoms with E-state index < -0.39 is 9.84 Å². The summed E-state index contributed by atoms with van der Waals surface area (Å²) >= 11 is 0. The van der Waals surface area contributed by atoms with Gasteiger partial charge in [-0.25, -0.2) is 13.4 Å². The third-order valence-electron chi connectivity index (χ3n) is 5.77. The second-order valence-electron chi connectivity index (χ2n) is 8.19. The summed E-state index contributed by atoms with van der Waals surface area (Å²) in [5.41, 5.74) is 3.06. The quantitative estimate of drug-likeness (QED) is 0.512. The van der Waals surface area contributed by atoms with E-state index in [2.05, 4.69) is 9.97 Å². The van der Waals surface area contributed by atoms with Crippen LogP contribution < -0.4 is 4.74 Å². The summed E-state index contributed by atoms with van der Waals surface area (Å²) < 4.78 is 32.0. The Morgan fingerprint density at radius 1 is 1.12 bits per heavy atom. The number of aromatic amines is 1. The van der Waals surface area contributed by atoms with Gasteiger partial charge in [0.25, 0.3) is 0 Å². The summed E-state index contributed by atoms with van der Waals surface area (Å²) in [7, 11) is -3.32. The largest absolute Gasteiger partial charge is 0.485 e. The molecule has 0 aliphatic heterocycles. The number of carbonyl (C=O) groups is 1. The molecular formula is C25H28N2O4S. The molecule has 6 nitrogen and oxygen atoms in total. The molecule has 2 aromatic carbocycles. The van der Waals surface area contributed by atoms with Crippen LogP contribution in [0.2, 0.25) is 0 Å². The molecule has 168 valence electrons. The topological polar surface area (TPSA) is 89.1 Å². The van der Waals surface area contributed by atoms with E-state index in [-0.39, 0.29) is 23.4 Å². The van der Waals surface area contributed by atoms with Crippen molar-refractivity contribution in [2.24, 2.45) is 0 Å². The maximum absolute atomic E-state index is 12.8. The van der Waals surface area contributed by atoms with E-state index in [1.165, 1.54) is 0 Å². The van der Waals surface area contributed by atoms with Crippen LogP contribution in [0, 0.1) is 0 Å². The molecule has 3 aromatic rings. The Hall–Kier alpha value is -2.93. The highest BCUT2D eigenvalue weighted by Gasteiger charge is 2.27. The number of benzene rings is 2. The molecule has 1 N–H and O–H groups in total. The first-order chi connectivity index (χ1) is 15.5. The minimum absolute atomic E-state index is 0.0714. The predicted octanol–water partition coefficient (Wildman–Crippen LogP) is 4.62. The van der Waals surface area contributed by atoms with Gasteiger partial charge >= 0.3 is 0 Å². The number of carbonyl (C=O) groups excluding carboxylic acids is 1. The smallest absolute Gasteiger partial charge is 0.163 e. The van der Waals surface area contributed by atoms with E-state index in [0.29, 0.717) is 42.6 Å². The van der Waals surface area contributed by atoms with Gasteiger partial charge in [-0.1, -0.05) is 37.3 Å².